The van der Waals surface area contributed by atoms with E-state index in [-0.39, 0.29) is 10.7 Å². The predicted molar refractivity (Wildman–Crippen MR) is 67.7 cm³/mol. The molecule has 1 aromatic carbocycles. The molecule has 0 saturated carbocycles. The first-order chi connectivity index (χ1) is 8.04. The molecule has 17 heavy (non-hydrogen) atoms. The van der Waals surface area contributed by atoms with E-state index in [0.717, 1.165) is 6.20 Å². The van der Waals surface area contributed by atoms with Crippen molar-refractivity contribution in [2.45, 2.75) is 0 Å². The largest absolute Gasteiger partial charge is 0.496 e. The van der Waals surface area contributed by atoms with Crippen molar-refractivity contribution < 1.29 is 9.66 Å². The standard InChI is InChI=1S/C10H6BrClN2O3/c1-17-9-2-5-7(3-6(9)11)13-4-8(10(5)12)14(15)16/h2-4H,1H3. The summed E-state index contributed by atoms with van der Waals surface area (Å²) >= 11 is 9.27. The first-order valence-corrected chi connectivity index (χ1v) is 5.68. The summed E-state index contributed by atoms with van der Waals surface area (Å²) in [5.74, 6) is 0.543. The summed E-state index contributed by atoms with van der Waals surface area (Å²) in [7, 11) is 1.50. The molecule has 88 valence electrons. The Balaban J connectivity index is 2.80. The lowest BCUT2D eigenvalue weighted by atomic mass is 10.2. The molecule has 0 aliphatic heterocycles. The third kappa shape index (κ3) is 2.05. The topological polar surface area (TPSA) is 65.3 Å². The molecular formula is C10H6BrClN2O3. The number of fused-ring (bicyclic) bond motifs is 1. The predicted octanol–water partition coefficient (Wildman–Crippen LogP) is 3.57. The van der Waals surface area contributed by atoms with Gasteiger partial charge in [0.1, 0.15) is 17.0 Å². The molecule has 0 radical (unpaired) electrons. The van der Waals surface area contributed by atoms with Gasteiger partial charge >= 0.3 is 5.69 Å². The summed E-state index contributed by atoms with van der Waals surface area (Å²) in [5.41, 5.74) is 0.344. The molecule has 0 fully saturated rings. The molecule has 7 heteroatoms. The lowest BCUT2D eigenvalue weighted by Crippen LogP contribution is -1.93. The number of hydrogen-bond acceptors (Lipinski definition) is 4. The van der Waals surface area contributed by atoms with Crippen LogP contribution < -0.4 is 4.74 Å². The SMILES string of the molecule is COc1cc2c(Cl)c([N+](=O)[O-])cnc2cc1Br. The van der Waals surface area contributed by atoms with Gasteiger partial charge in [0.05, 0.1) is 22.0 Å². The van der Waals surface area contributed by atoms with Crippen molar-refractivity contribution in [2.75, 3.05) is 7.11 Å². The Hall–Kier alpha value is -1.40. The van der Waals surface area contributed by atoms with Crippen LogP contribution in [-0.2, 0) is 0 Å². The summed E-state index contributed by atoms with van der Waals surface area (Å²) < 4.78 is 5.82. The van der Waals surface area contributed by atoms with Gasteiger partial charge in [-0.25, -0.2) is 4.98 Å². The first kappa shape index (κ1) is 12.1. The molecule has 0 amide bonds. The minimum absolute atomic E-state index is 0.0609. The molecule has 0 atom stereocenters. The Morgan fingerprint density at radius 3 is 2.82 bits per heavy atom. The van der Waals surface area contributed by atoms with Crippen molar-refractivity contribution in [3.63, 3.8) is 0 Å². The summed E-state index contributed by atoms with van der Waals surface area (Å²) in [6.07, 6.45) is 1.14. The molecule has 1 heterocycles. The average molecular weight is 318 g/mol. The smallest absolute Gasteiger partial charge is 0.306 e. The van der Waals surface area contributed by atoms with Gasteiger partial charge < -0.3 is 4.74 Å². The monoisotopic (exact) mass is 316 g/mol. The maximum Gasteiger partial charge on any atom is 0.306 e. The molecule has 0 spiro atoms. The highest BCUT2D eigenvalue weighted by atomic mass is 79.9. The normalized spacial score (nSPS) is 10.5. The van der Waals surface area contributed by atoms with E-state index in [2.05, 4.69) is 20.9 Å². The third-order valence-corrected chi connectivity index (χ3v) is 3.27. The molecule has 0 unspecified atom stereocenters. The number of methoxy groups -OCH3 is 1. The second-order valence-electron chi connectivity index (χ2n) is 3.22. The zero-order valence-corrected chi connectivity index (χ0v) is 10.9. The fourth-order valence-corrected chi connectivity index (χ4v) is 2.20. The van der Waals surface area contributed by atoms with Crippen molar-refractivity contribution in [1.82, 2.24) is 4.98 Å². The van der Waals surface area contributed by atoms with Crippen LogP contribution in [0.5, 0.6) is 5.75 Å². The van der Waals surface area contributed by atoms with Gasteiger partial charge in [-0.1, -0.05) is 11.6 Å². The number of nitro groups is 1. The van der Waals surface area contributed by atoms with Crippen molar-refractivity contribution >= 4 is 44.1 Å². The van der Waals surface area contributed by atoms with Gasteiger partial charge in [0.2, 0.25) is 0 Å². The fourth-order valence-electron chi connectivity index (χ4n) is 1.43. The van der Waals surface area contributed by atoms with Gasteiger partial charge in [0.25, 0.3) is 0 Å². The average Bonchev–Trinajstić information content (AvgIpc) is 2.28. The number of benzene rings is 1. The minimum atomic E-state index is -0.566. The van der Waals surface area contributed by atoms with E-state index in [1.165, 1.54) is 7.11 Å². The molecular weight excluding hydrogens is 311 g/mol. The highest BCUT2D eigenvalue weighted by molar-refractivity contribution is 9.10. The van der Waals surface area contributed by atoms with Crippen LogP contribution in [0.25, 0.3) is 10.9 Å². The first-order valence-electron chi connectivity index (χ1n) is 4.50. The van der Waals surface area contributed by atoms with Gasteiger partial charge in [-0.3, -0.25) is 10.1 Å². The molecule has 0 aliphatic rings. The van der Waals surface area contributed by atoms with Gasteiger partial charge in [-0.05, 0) is 28.1 Å². The van der Waals surface area contributed by atoms with Gasteiger partial charge in [-0.15, -0.1) is 0 Å². The second kappa shape index (κ2) is 4.46. The molecule has 0 aliphatic carbocycles. The van der Waals surface area contributed by atoms with Crippen molar-refractivity contribution in [2.24, 2.45) is 0 Å². The van der Waals surface area contributed by atoms with Crippen LogP contribution in [0.2, 0.25) is 5.02 Å². The van der Waals surface area contributed by atoms with E-state index in [1.807, 2.05) is 0 Å². The number of hydrogen-bond donors (Lipinski definition) is 0. The van der Waals surface area contributed by atoms with E-state index in [9.17, 15) is 10.1 Å². The molecule has 0 bridgehead atoms. The van der Waals surface area contributed by atoms with Crippen molar-refractivity contribution in [3.05, 3.63) is 37.9 Å². The zero-order chi connectivity index (χ0) is 12.6. The van der Waals surface area contributed by atoms with E-state index in [0.29, 0.717) is 21.1 Å². The van der Waals surface area contributed by atoms with Crippen molar-refractivity contribution in [3.8, 4) is 5.75 Å². The summed E-state index contributed by atoms with van der Waals surface area (Å²) in [6.45, 7) is 0. The Labute approximate surface area is 110 Å². The lowest BCUT2D eigenvalue weighted by Gasteiger charge is -2.06. The molecule has 2 aromatic rings. The number of aromatic nitrogens is 1. The van der Waals surface area contributed by atoms with Crippen LogP contribution in [0.15, 0.2) is 22.8 Å². The van der Waals surface area contributed by atoms with Crippen molar-refractivity contribution in [1.29, 1.82) is 0 Å². The fraction of sp³-hybridized carbons (Fsp3) is 0.100. The van der Waals surface area contributed by atoms with Gasteiger partial charge in [0, 0.05) is 5.39 Å². The van der Waals surface area contributed by atoms with Gasteiger partial charge in [-0.2, -0.15) is 0 Å². The van der Waals surface area contributed by atoms with E-state index >= 15 is 0 Å². The maximum absolute atomic E-state index is 10.7. The van der Waals surface area contributed by atoms with Crippen LogP contribution in [0, 0.1) is 10.1 Å². The van der Waals surface area contributed by atoms with Crippen LogP contribution >= 0.6 is 27.5 Å². The number of halogens is 2. The molecule has 1 aromatic heterocycles. The molecule has 0 saturated heterocycles. The third-order valence-electron chi connectivity index (χ3n) is 2.25. The Morgan fingerprint density at radius 2 is 2.24 bits per heavy atom. The highest BCUT2D eigenvalue weighted by Gasteiger charge is 2.17. The molecule has 2 rings (SSSR count). The Bertz CT molecular complexity index is 618. The highest BCUT2D eigenvalue weighted by Crippen LogP contribution is 2.36. The zero-order valence-electron chi connectivity index (χ0n) is 8.61. The van der Waals surface area contributed by atoms with Crippen LogP contribution in [0.4, 0.5) is 5.69 Å². The number of nitrogens with zero attached hydrogens (tertiary/aromatic N) is 2. The summed E-state index contributed by atoms with van der Waals surface area (Å²) in [6, 6.07) is 3.31. The van der Waals surface area contributed by atoms with Crippen LogP contribution in [0.1, 0.15) is 0 Å². The summed E-state index contributed by atoms with van der Waals surface area (Å²) in [5, 5.41) is 11.3. The maximum atomic E-state index is 10.7. The van der Waals surface area contributed by atoms with E-state index in [1.54, 1.807) is 12.1 Å². The molecule has 0 N–H and O–H groups in total. The molecule has 5 nitrogen and oxygen atoms in total. The van der Waals surface area contributed by atoms with E-state index < -0.39 is 4.92 Å². The van der Waals surface area contributed by atoms with E-state index in [4.69, 9.17) is 16.3 Å². The number of pyridine rings is 1. The summed E-state index contributed by atoms with van der Waals surface area (Å²) in [4.78, 5) is 14.1. The minimum Gasteiger partial charge on any atom is -0.496 e. The second-order valence-corrected chi connectivity index (χ2v) is 4.45. The Kier molecular flexibility index (Phi) is 3.17. The number of ether oxygens (including phenoxy) is 1. The Morgan fingerprint density at radius 1 is 1.53 bits per heavy atom. The van der Waals surface area contributed by atoms with Crippen LogP contribution in [-0.4, -0.2) is 17.0 Å². The quantitative estimate of drug-likeness (QED) is 0.627. The lowest BCUT2D eigenvalue weighted by molar-refractivity contribution is -0.384. The van der Waals surface area contributed by atoms with Crippen LogP contribution in [0.3, 0.4) is 0 Å². The number of rotatable bonds is 2. The van der Waals surface area contributed by atoms with Gasteiger partial charge in [0.15, 0.2) is 0 Å².